The molecule has 2 rings (SSSR count). The van der Waals surface area contributed by atoms with Crippen LogP contribution in [-0.4, -0.2) is 59.9 Å². The minimum Gasteiger partial charge on any atom is -0.352 e. The lowest BCUT2D eigenvalue weighted by Crippen LogP contribution is -2.42. The molecule has 24 heavy (non-hydrogen) atoms. The molecule has 0 saturated carbocycles. The second-order valence-corrected chi connectivity index (χ2v) is 9.37. The summed E-state index contributed by atoms with van der Waals surface area (Å²) in [7, 11) is -1.14. The summed E-state index contributed by atoms with van der Waals surface area (Å²) in [6, 6.07) is 0.0531. The predicted octanol–water partition coefficient (Wildman–Crippen LogP) is 0.427. The van der Waals surface area contributed by atoms with Crippen LogP contribution in [0.4, 0.5) is 0 Å². The molecule has 136 valence electrons. The summed E-state index contributed by atoms with van der Waals surface area (Å²) in [5.74, 6) is 1.51. The van der Waals surface area contributed by atoms with Crippen molar-refractivity contribution in [2.45, 2.75) is 32.9 Å². The Labute approximate surface area is 144 Å². The molecule has 0 aromatic carbocycles. The molecule has 1 amide bonds. The van der Waals surface area contributed by atoms with Crippen LogP contribution >= 0.6 is 0 Å². The zero-order valence-corrected chi connectivity index (χ0v) is 15.7. The lowest BCUT2D eigenvalue weighted by molar-refractivity contribution is -0.121. The van der Waals surface area contributed by atoms with Crippen molar-refractivity contribution in [3.8, 4) is 0 Å². The first kappa shape index (κ1) is 18.9. The van der Waals surface area contributed by atoms with Crippen LogP contribution in [0.5, 0.6) is 0 Å². The van der Waals surface area contributed by atoms with Crippen LogP contribution in [0.15, 0.2) is 12.4 Å². The van der Waals surface area contributed by atoms with Crippen molar-refractivity contribution in [3.05, 3.63) is 18.2 Å². The molecule has 8 heteroatoms. The van der Waals surface area contributed by atoms with Crippen LogP contribution in [0.25, 0.3) is 0 Å². The number of hydrogen-bond donors (Lipinski definition) is 1. The average molecular weight is 356 g/mol. The van der Waals surface area contributed by atoms with Gasteiger partial charge in [0, 0.05) is 51.2 Å². The van der Waals surface area contributed by atoms with Gasteiger partial charge in [-0.2, -0.15) is 0 Å². The topological polar surface area (TPSA) is 84.3 Å². The standard InChI is InChI=1S/C16H28N4O3S/c1-12(2)13-9-20(11-15-17-6-7-19(15)3)10-14(13)18-16(21)5-8-24(4,22)23/h6-7,12-14H,5,8-11H2,1-4H3,(H,18,21)/t13-,14+/m1/s1. The van der Waals surface area contributed by atoms with E-state index in [9.17, 15) is 13.2 Å². The maximum Gasteiger partial charge on any atom is 0.221 e. The van der Waals surface area contributed by atoms with Gasteiger partial charge in [-0.3, -0.25) is 9.69 Å². The fourth-order valence-electron chi connectivity index (χ4n) is 3.18. The van der Waals surface area contributed by atoms with Crippen molar-refractivity contribution in [1.29, 1.82) is 0 Å². The van der Waals surface area contributed by atoms with Crippen LogP contribution in [0.3, 0.4) is 0 Å². The van der Waals surface area contributed by atoms with Crippen LogP contribution in [0, 0.1) is 11.8 Å². The second-order valence-electron chi connectivity index (χ2n) is 7.11. The van der Waals surface area contributed by atoms with Crippen LogP contribution in [0.2, 0.25) is 0 Å². The summed E-state index contributed by atoms with van der Waals surface area (Å²) >= 11 is 0. The minimum atomic E-state index is -3.11. The Morgan fingerprint density at radius 3 is 2.67 bits per heavy atom. The zero-order valence-electron chi connectivity index (χ0n) is 14.9. The third-order valence-electron chi connectivity index (χ3n) is 4.63. The van der Waals surface area contributed by atoms with Crippen molar-refractivity contribution in [3.63, 3.8) is 0 Å². The number of carbonyl (C=O) groups excluding carboxylic acids is 1. The molecule has 0 aliphatic carbocycles. The van der Waals surface area contributed by atoms with Crippen molar-refractivity contribution in [2.24, 2.45) is 18.9 Å². The first-order valence-corrected chi connectivity index (χ1v) is 10.4. The van der Waals surface area contributed by atoms with Gasteiger partial charge in [0.15, 0.2) is 0 Å². The number of sulfone groups is 1. The number of aryl methyl sites for hydroxylation is 1. The van der Waals surface area contributed by atoms with Gasteiger partial charge in [0.05, 0.1) is 12.3 Å². The maximum atomic E-state index is 12.1. The Bertz CT molecular complexity index is 669. The molecule has 0 bridgehead atoms. The quantitative estimate of drug-likeness (QED) is 0.766. The second kappa shape index (κ2) is 7.65. The van der Waals surface area contributed by atoms with Gasteiger partial charge >= 0.3 is 0 Å². The highest BCUT2D eigenvalue weighted by molar-refractivity contribution is 7.90. The average Bonchev–Trinajstić information content (AvgIpc) is 3.04. The zero-order chi connectivity index (χ0) is 17.9. The van der Waals surface area contributed by atoms with Gasteiger partial charge in [-0.1, -0.05) is 13.8 Å². The monoisotopic (exact) mass is 356 g/mol. The van der Waals surface area contributed by atoms with E-state index in [0.29, 0.717) is 11.8 Å². The van der Waals surface area contributed by atoms with E-state index in [2.05, 4.69) is 29.0 Å². The molecule has 2 atom stereocenters. The summed E-state index contributed by atoms with van der Waals surface area (Å²) in [5, 5.41) is 3.03. The van der Waals surface area contributed by atoms with Gasteiger partial charge in [-0.25, -0.2) is 13.4 Å². The molecule has 1 aliphatic heterocycles. The molecule has 7 nitrogen and oxygen atoms in total. The summed E-state index contributed by atoms with van der Waals surface area (Å²) in [5.41, 5.74) is 0. The van der Waals surface area contributed by atoms with Crippen molar-refractivity contribution in [1.82, 2.24) is 19.8 Å². The maximum absolute atomic E-state index is 12.1. The Kier molecular flexibility index (Phi) is 6.03. The van der Waals surface area contributed by atoms with E-state index in [1.807, 2.05) is 17.8 Å². The van der Waals surface area contributed by atoms with Gasteiger partial charge in [-0.05, 0) is 11.8 Å². The number of hydrogen-bond acceptors (Lipinski definition) is 5. The highest BCUT2D eigenvalue weighted by atomic mass is 32.2. The Balaban J connectivity index is 1.95. The van der Waals surface area contributed by atoms with Crippen molar-refractivity contribution in [2.75, 3.05) is 25.1 Å². The van der Waals surface area contributed by atoms with E-state index in [1.54, 1.807) is 6.20 Å². The minimum absolute atomic E-state index is 0.0273. The summed E-state index contributed by atoms with van der Waals surface area (Å²) in [6.45, 7) is 6.74. The normalized spacial score (nSPS) is 22.2. The molecule has 0 radical (unpaired) electrons. The molecule has 1 saturated heterocycles. The fourth-order valence-corrected chi connectivity index (χ4v) is 3.73. The van der Waals surface area contributed by atoms with E-state index in [0.717, 1.165) is 31.7 Å². The predicted molar refractivity (Wildman–Crippen MR) is 93.1 cm³/mol. The number of imidazole rings is 1. The molecule has 1 aliphatic rings. The molecule has 0 unspecified atom stereocenters. The largest absolute Gasteiger partial charge is 0.352 e. The van der Waals surface area contributed by atoms with Crippen molar-refractivity contribution < 1.29 is 13.2 Å². The molecule has 1 N–H and O–H groups in total. The Morgan fingerprint density at radius 1 is 1.42 bits per heavy atom. The van der Waals surface area contributed by atoms with Gasteiger partial charge in [0.25, 0.3) is 0 Å². The Hall–Kier alpha value is -1.41. The number of nitrogens with one attached hydrogen (secondary N) is 1. The number of likely N-dealkylation sites (tertiary alicyclic amines) is 1. The van der Waals surface area contributed by atoms with E-state index in [-0.39, 0.29) is 24.1 Å². The Morgan fingerprint density at radius 2 is 2.12 bits per heavy atom. The lowest BCUT2D eigenvalue weighted by atomic mass is 9.91. The van der Waals surface area contributed by atoms with Crippen LogP contribution in [-0.2, 0) is 28.2 Å². The summed E-state index contributed by atoms with van der Waals surface area (Å²) in [6.07, 6.45) is 4.90. The molecule has 0 spiro atoms. The molecule has 1 aromatic rings. The highest BCUT2D eigenvalue weighted by Crippen LogP contribution is 2.25. The SMILES string of the molecule is CC(C)[C@H]1CN(Cc2nccn2C)C[C@@H]1NC(=O)CCS(C)(=O)=O. The molecule has 1 aromatic heterocycles. The van der Waals surface area contributed by atoms with E-state index in [1.165, 1.54) is 0 Å². The summed E-state index contributed by atoms with van der Waals surface area (Å²) in [4.78, 5) is 18.7. The number of amides is 1. The molecule has 2 heterocycles. The smallest absolute Gasteiger partial charge is 0.221 e. The third-order valence-corrected chi connectivity index (χ3v) is 5.58. The van der Waals surface area contributed by atoms with Gasteiger partial charge in [0.1, 0.15) is 15.7 Å². The number of aromatic nitrogens is 2. The third kappa shape index (κ3) is 5.31. The molecular formula is C16H28N4O3S. The molecule has 1 fully saturated rings. The van der Waals surface area contributed by atoms with Gasteiger partial charge < -0.3 is 9.88 Å². The van der Waals surface area contributed by atoms with Crippen molar-refractivity contribution >= 4 is 15.7 Å². The molecular weight excluding hydrogens is 328 g/mol. The fraction of sp³-hybridized carbons (Fsp3) is 0.750. The summed E-state index contributed by atoms with van der Waals surface area (Å²) < 4.78 is 24.4. The first-order valence-electron chi connectivity index (χ1n) is 8.31. The highest BCUT2D eigenvalue weighted by Gasteiger charge is 2.35. The first-order chi connectivity index (χ1) is 11.2. The number of carbonyl (C=O) groups is 1. The lowest BCUT2D eigenvalue weighted by Gasteiger charge is -2.22. The number of nitrogens with zero attached hydrogens (tertiary/aromatic N) is 3. The van der Waals surface area contributed by atoms with E-state index < -0.39 is 9.84 Å². The van der Waals surface area contributed by atoms with E-state index in [4.69, 9.17) is 0 Å². The van der Waals surface area contributed by atoms with E-state index >= 15 is 0 Å². The van der Waals surface area contributed by atoms with Crippen LogP contribution < -0.4 is 5.32 Å². The van der Waals surface area contributed by atoms with Gasteiger partial charge in [-0.15, -0.1) is 0 Å². The number of rotatable bonds is 7. The van der Waals surface area contributed by atoms with Crippen LogP contribution in [0.1, 0.15) is 26.1 Å². The van der Waals surface area contributed by atoms with Gasteiger partial charge in [0.2, 0.25) is 5.91 Å².